The molecule has 2 heterocycles. The van der Waals surface area contributed by atoms with Crippen LogP contribution >= 0.6 is 0 Å². The highest BCUT2D eigenvalue weighted by Gasteiger charge is 2.37. The predicted octanol–water partition coefficient (Wildman–Crippen LogP) is 1.67. The van der Waals surface area contributed by atoms with Gasteiger partial charge in [-0.2, -0.15) is 0 Å². The number of carbonyl (C=O) groups is 4. The van der Waals surface area contributed by atoms with E-state index in [4.69, 9.17) is 0 Å². The van der Waals surface area contributed by atoms with Crippen LogP contribution in [0.1, 0.15) is 38.7 Å². The van der Waals surface area contributed by atoms with Crippen molar-refractivity contribution in [1.29, 1.82) is 0 Å². The second kappa shape index (κ2) is 11.7. The number of benzene rings is 1. The van der Waals surface area contributed by atoms with Gasteiger partial charge in [0.1, 0.15) is 18.7 Å². The molecule has 36 heavy (non-hydrogen) atoms. The Hall–Kier alpha value is -3.15. The lowest BCUT2D eigenvalue weighted by Gasteiger charge is -2.26. The molecule has 4 unspecified atom stereocenters. The quantitative estimate of drug-likeness (QED) is 0.358. The molecule has 4 N–H and O–H groups in total. The van der Waals surface area contributed by atoms with Gasteiger partial charge in [0, 0.05) is 24.6 Å². The van der Waals surface area contributed by atoms with E-state index >= 15 is 0 Å². The third-order valence-electron chi connectivity index (χ3n) is 6.19. The first kappa shape index (κ1) is 27.4. The van der Waals surface area contributed by atoms with Gasteiger partial charge in [-0.15, -0.1) is 13.2 Å². The summed E-state index contributed by atoms with van der Waals surface area (Å²) in [4.78, 5) is 50.6. The number of hydrogen-bond acceptors (Lipinski definition) is 6. The maximum Gasteiger partial charge on any atom is 0.522 e. The Morgan fingerprint density at radius 3 is 2.47 bits per heavy atom. The minimum atomic E-state index is -5.02. The number of rotatable bonds is 11. The molecule has 3 amide bonds. The van der Waals surface area contributed by atoms with Gasteiger partial charge in [-0.3, -0.25) is 23.9 Å². The molecule has 0 saturated carbocycles. The zero-order chi connectivity index (χ0) is 26.5. The van der Waals surface area contributed by atoms with Gasteiger partial charge in [0.2, 0.25) is 17.7 Å². The van der Waals surface area contributed by atoms with Crippen molar-refractivity contribution >= 4 is 29.2 Å². The predicted molar refractivity (Wildman–Crippen MR) is 124 cm³/mol. The molecule has 12 heteroatoms. The molecule has 9 nitrogen and oxygen atoms in total. The van der Waals surface area contributed by atoms with Crippen molar-refractivity contribution < 1.29 is 37.1 Å². The number of carbonyl (C=O) groups excluding carboxylic acids is 4. The van der Waals surface area contributed by atoms with Crippen LogP contribution < -0.4 is 21.3 Å². The Morgan fingerprint density at radius 2 is 1.86 bits per heavy atom. The summed E-state index contributed by atoms with van der Waals surface area (Å²) >= 11 is 0. The molecule has 3 rings (SSSR count). The van der Waals surface area contributed by atoms with E-state index in [1.54, 1.807) is 0 Å². The maximum absolute atomic E-state index is 13.2. The van der Waals surface area contributed by atoms with Crippen LogP contribution in [0.2, 0.25) is 0 Å². The smallest absolute Gasteiger partial charge is 0.373 e. The Morgan fingerprint density at radius 1 is 1.14 bits per heavy atom. The molecule has 1 aromatic carbocycles. The number of anilines is 1. The van der Waals surface area contributed by atoms with E-state index in [1.807, 2.05) is 38.1 Å². The van der Waals surface area contributed by atoms with Crippen molar-refractivity contribution in [3.8, 4) is 0 Å². The molecular formula is C24H31F3N4O5. The number of fused-ring (bicyclic) bond motifs is 1. The zero-order valence-electron chi connectivity index (χ0n) is 20.1. The van der Waals surface area contributed by atoms with Gasteiger partial charge in [-0.05, 0) is 36.8 Å². The van der Waals surface area contributed by atoms with Gasteiger partial charge in [-0.1, -0.05) is 32.0 Å². The molecule has 2 aliphatic heterocycles. The normalized spacial score (nSPS) is 20.8. The fourth-order valence-corrected chi connectivity index (χ4v) is 4.38. The topological polar surface area (TPSA) is 126 Å². The van der Waals surface area contributed by atoms with Gasteiger partial charge in [0.15, 0.2) is 5.78 Å². The minimum Gasteiger partial charge on any atom is -0.373 e. The summed E-state index contributed by atoms with van der Waals surface area (Å²) in [6.45, 7) is 2.77. The summed E-state index contributed by atoms with van der Waals surface area (Å²) in [5, 5.41) is 10.9. The van der Waals surface area contributed by atoms with Crippen molar-refractivity contribution in [2.24, 2.45) is 11.8 Å². The highest BCUT2D eigenvalue weighted by atomic mass is 19.4. The second-order valence-corrected chi connectivity index (χ2v) is 9.52. The van der Waals surface area contributed by atoms with Crippen LogP contribution in [-0.4, -0.2) is 61.1 Å². The number of ether oxygens (including phenoxy) is 1. The van der Waals surface area contributed by atoms with Gasteiger partial charge in [0.25, 0.3) is 0 Å². The van der Waals surface area contributed by atoms with Gasteiger partial charge in [-0.25, -0.2) is 0 Å². The summed E-state index contributed by atoms with van der Waals surface area (Å²) in [5.74, 6) is -3.12. The Kier molecular flexibility index (Phi) is 8.93. The number of halogens is 3. The van der Waals surface area contributed by atoms with E-state index in [0.717, 1.165) is 11.3 Å². The van der Waals surface area contributed by atoms with Crippen LogP contribution in [0.5, 0.6) is 0 Å². The van der Waals surface area contributed by atoms with Crippen LogP contribution in [0.3, 0.4) is 0 Å². The Bertz CT molecular complexity index is 960. The summed E-state index contributed by atoms with van der Waals surface area (Å²) in [7, 11) is 0. The van der Waals surface area contributed by atoms with Crippen molar-refractivity contribution in [2.45, 2.75) is 64.0 Å². The molecule has 1 saturated heterocycles. The number of nitrogens with one attached hydrogen (secondary N) is 4. The molecular weight excluding hydrogens is 481 g/mol. The van der Waals surface area contributed by atoms with Crippen LogP contribution in [0, 0.1) is 11.8 Å². The molecule has 0 radical (unpaired) electrons. The van der Waals surface area contributed by atoms with E-state index in [-0.39, 0.29) is 24.7 Å². The monoisotopic (exact) mass is 512 g/mol. The van der Waals surface area contributed by atoms with Crippen LogP contribution in [0.25, 0.3) is 0 Å². The summed E-state index contributed by atoms with van der Waals surface area (Å²) in [6.07, 6.45) is -4.13. The standard InChI is InChI=1S/C24H31F3N4O5/c1-13(2)9-18(31-23(35)19-10-14-5-3-4-6-16(14)29-19)22(34)30-17(11-15-7-8-28-21(15)33)20(32)12-36-24(25,26)27/h3-6,13,15,17-19,29H,7-12H2,1-2H3,(H,28,33)(H,30,34)(H,31,35). The maximum atomic E-state index is 13.2. The molecule has 2 aliphatic rings. The van der Waals surface area contributed by atoms with Crippen molar-refractivity contribution in [3.63, 3.8) is 0 Å². The average Bonchev–Trinajstić information content (AvgIpc) is 3.41. The van der Waals surface area contributed by atoms with Gasteiger partial charge >= 0.3 is 6.36 Å². The third-order valence-corrected chi connectivity index (χ3v) is 6.19. The highest BCUT2D eigenvalue weighted by Crippen LogP contribution is 2.25. The van der Waals surface area contributed by atoms with E-state index in [1.165, 1.54) is 0 Å². The molecule has 1 aromatic rings. The van der Waals surface area contributed by atoms with Crippen LogP contribution in [0.4, 0.5) is 18.9 Å². The lowest BCUT2D eigenvalue weighted by Crippen LogP contribution is -2.55. The second-order valence-electron chi connectivity index (χ2n) is 9.52. The lowest BCUT2D eigenvalue weighted by atomic mass is 9.95. The number of Topliss-reactive ketones (excluding diaryl/α,β-unsaturated/α-hetero) is 1. The number of amides is 3. The SMILES string of the molecule is CC(C)CC(NC(=O)C1Cc2ccccc2N1)C(=O)NC(CC1CCNC1=O)C(=O)COC(F)(F)F. The van der Waals surface area contributed by atoms with Crippen LogP contribution in [0.15, 0.2) is 24.3 Å². The Balaban J connectivity index is 1.68. The molecule has 198 valence electrons. The van der Waals surface area contributed by atoms with E-state index < -0.39 is 54.6 Å². The molecule has 0 bridgehead atoms. The highest BCUT2D eigenvalue weighted by molar-refractivity contribution is 5.95. The first-order chi connectivity index (χ1) is 16.9. The molecule has 1 fully saturated rings. The van der Waals surface area contributed by atoms with Crippen molar-refractivity contribution in [1.82, 2.24) is 16.0 Å². The summed E-state index contributed by atoms with van der Waals surface area (Å²) in [5.41, 5.74) is 1.79. The number of ketones is 1. The third kappa shape index (κ3) is 7.67. The van der Waals surface area contributed by atoms with E-state index in [0.29, 0.717) is 19.4 Å². The Labute approximate surface area is 206 Å². The number of hydrogen-bond donors (Lipinski definition) is 4. The number of para-hydroxylation sites is 1. The summed E-state index contributed by atoms with van der Waals surface area (Å²) in [6, 6.07) is 4.44. The van der Waals surface area contributed by atoms with Gasteiger partial charge in [0.05, 0.1) is 6.04 Å². The molecule has 0 aliphatic carbocycles. The van der Waals surface area contributed by atoms with Crippen LogP contribution in [-0.2, 0) is 30.3 Å². The van der Waals surface area contributed by atoms with Gasteiger partial charge < -0.3 is 21.3 Å². The fourth-order valence-electron chi connectivity index (χ4n) is 4.38. The summed E-state index contributed by atoms with van der Waals surface area (Å²) < 4.78 is 41.1. The molecule has 0 aromatic heterocycles. The molecule has 4 atom stereocenters. The van der Waals surface area contributed by atoms with Crippen molar-refractivity contribution in [2.75, 3.05) is 18.5 Å². The molecule has 0 spiro atoms. The zero-order valence-corrected chi connectivity index (χ0v) is 20.1. The average molecular weight is 513 g/mol. The lowest BCUT2D eigenvalue weighted by molar-refractivity contribution is -0.321. The first-order valence-corrected chi connectivity index (χ1v) is 11.9. The first-order valence-electron chi connectivity index (χ1n) is 11.9. The largest absolute Gasteiger partial charge is 0.522 e. The fraction of sp³-hybridized carbons (Fsp3) is 0.583. The van der Waals surface area contributed by atoms with Crippen molar-refractivity contribution in [3.05, 3.63) is 29.8 Å². The number of alkyl halides is 3. The van der Waals surface area contributed by atoms with E-state index in [2.05, 4.69) is 26.0 Å². The van der Waals surface area contributed by atoms with E-state index in [9.17, 15) is 32.3 Å². The minimum absolute atomic E-state index is 0.0156.